The van der Waals surface area contributed by atoms with Gasteiger partial charge in [0.05, 0.1) is 24.8 Å². The average molecular weight is 713 g/mol. The van der Waals surface area contributed by atoms with Crippen molar-refractivity contribution in [2.75, 3.05) is 51.3 Å². The highest BCUT2D eigenvalue weighted by Crippen LogP contribution is 2.47. The molecule has 2 amide bonds. The van der Waals surface area contributed by atoms with Gasteiger partial charge < -0.3 is 24.7 Å². The van der Waals surface area contributed by atoms with E-state index in [1.165, 1.54) is 16.0 Å². The molecule has 2 bridgehead atoms. The highest BCUT2D eigenvalue weighted by molar-refractivity contribution is 7.87. The second-order valence-electron chi connectivity index (χ2n) is 14.5. The minimum absolute atomic E-state index is 0.0575. The van der Waals surface area contributed by atoms with E-state index in [1.807, 2.05) is 24.3 Å². The Morgan fingerprint density at radius 1 is 1.10 bits per heavy atom. The molecule has 1 saturated carbocycles. The van der Waals surface area contributed by atoms with Crippen molar-refractivity contribution in [3.8, 4) is 5.75 Å². The van der Waals surface area contributed by atoms with Crippen molar-refractivity contribution >= 4 is 39.3 Å². The van der Waals surface area contributed by atoms with Gasteiger partial charge in [-0.15, -0.1) is 0 Å². The minimum Gasteiger partial charge on any atom is -0.490 e. The molecule has 49 heavy (non-hydrogen) atoms. The molecule has 5 aliphatic rings. The van der Waals surface area contributed by atoms with Crippen molar-refractivity contribution in [2.24, 2.45) is 11.8 Å². The molecule has 13 heteroatoms. The van der Waals surface area contributed by atoms with Crippen molar-refractivity contribution in [1.82, 2.24) is 13.9 Å². The van der Waals surface area contributed by atoms with Crippen LogP contribution < -0.4 is 14.4 Å². The Morgan fingerprint density at radius 3 is 2.65 bits per heavy atom. The van der Waals surface area contributed by atoms with Gasteiger partial charge in [-0.25, -0.2) is 4.72 Å². The van der Waals surface area contributed by atoms with Crippen LogP contribution in [0.1, 0.15) is 61.6 Å². The Labute approximate surface area is 293 Å². The zero-order chi connectivity index (χ0) is 34.6. The van der Waals surface area contributed by atoms with Gasteiger partial charge in [-0.2, -0.15) is 12.7 Å². The van der Waals surface area contributed by atoms with E-state index in [4.69, 9.17) is 16.3 Å². The molecule has 11 nitrogen and oxygen atoms in total. The molecule has 7 rings (SSSR count). The summed E-state index contributed by atoms with van der Waals surface area (Å²) in [6, 6.07) is 11.0. The van der Waals surface area contributed by atoms with Gasteiger partial charge >= 0.3 is 10.2 Å². The molecular formula is C36H45ClN4O7S. The fourth-order valence-electron chi connectivity index (χ4n) is 8.16. The molecule has 2 aromatic carbocycles. The van der Waals surface area contributed by atoms with E-state index >= 15 is 0 Å². The summed E-state index contributed by atoms with van der Waals surface area (Å²) in [5.41, 5.74) is 0.273. The molecule has 2 aromatic rings. The van der Waals surface area contributed by atoms with Crippen molar-refractivity contribution in [3.05, 3.63) is 70.3 Å². The van der Waals surface area contributed by atoms with E-state index in [0.29, 0.717) is 55.5 Å². The van der Waals surface area contributed by atoms with Gasteiger partial charge in [-0.3, -0.25) is 9.59 Å². The van der Waals surface area contributed by atoms with Gasteiger partial charge in [0.25, 0.3) is 5.91 Å². The molecule has 5 unspecified atom stereocenters. The van der Waals surface area contributed by atoms with Gasteiger partial charge in [-0.05, 0) is 97.7 Å². The van der Waals surface area contributed by atoms with Gasteiger partial charge in [0.2, 0.25) is 5.91 Å². The topological polar surface area (TPSA) is 140 Å². The number of amides is 2. The third kappa shape index (κ3) is 6.46. The molecular weight excluding hydrogens is 668 g/mol. The lowest BCUT2D eigenvalue weighted by atomic mass is 9.68. The fraction of sp³-hybridized carbons (Fsp3) is 0.556. The summed E-state index contributed by atoms with van der Waals surface area (Å²) in [7, 11) is -2.63. The number of rotatable bonds is 3. The van der Waals surface area contributed by atoms with Crippen LogP contribution in [0, 0.1) is 11.8 Å². The van der Waals surface area contributed by atoms with Crippen LogP contribution in [-0.2, 0) is 37.2 Å². The van der Waals surface area contributed by atoms with Gasteiger partial charge in [-0.1, -0.05) is 35.9 Å². The lowest BCUT2D eigenvalue weighted by Gasteiger charge is -2.45. The minimum atomic E-state index is -4.21. The zero-order valence-electron chi connectivity index (χ0n) is 27.8. The summed E-state index contributed by atoms with van der Waals surface area (Å²) in [4.78, 5) is 31.1. The Bertz CT molecular complexity index is 1770. The standard InChI is InChI=1S/C36H45ClN4O7S/c1-39-15-3-2-7-31(42)28-11-8-25(28)21-40-22-35(14-4-6-24-18-27(37)10-12-29(24)35)23-48-32-13-9-26(19-30(32)40)36(45,20-33(39)43)34(44)38-49(46,47)41-16-5-17-41/h2,7,9-10,12-13,18-19,25,28,31,42,45H,3-6,8,11,14-17,20-23H2,1H3,(H,38,44)/b7-2-. The summed E-state index contributed by atoms with van der Waals surface area (Å²) in [5, 5.41) is 24.1. The Morgan fingerprint density at radius 2 is 1.92 bits per heavy atom. The molecule has 2 fully saturated rings. The number of benzene rings is 2. The molecule has 1 saturated heterocycles. The summed E-state index contributed by atoms with van der Waals surface area (Å²) in [6.45, 7) is 2.44. The number of nitrogens with one attached hydrogen (secondary N) is 1. The maximum atomic E-state index is 13.9. The molecule has 3 N–H and O–H groups in total. The number of halogens is 1. The number of carbonyl (C=O) groups is 2. The first kappa shape index (κ1) is 34.3. The molecule has 5 atom stereocenters. The number of hydrogen-bond acceptors (Lipinski definition) is 8. The quantitative estimate of drug-likeness (QED) is 0.413. The van der Waals surface area contributed by atoms with Crippen LogP contribution in [0.25, 0.3) is 0 Å². The molecule has 264 valence electrons. The van der Waals surface area contributed by atoms with Crippen LogP contribution in [0.5, 0.6) is 5.75 Å². The summed E-state index contributed by atoms with van der Waals surface area (Å²) in [5.74, 6) is -0.903. The van der Waals surface area contributed by atoms with E-state index in [0.717, 1.165) is 36.4 Å². The highest BCUT2D eigenvalue weighted by Gasteiger charge is 2.47. The van der Waals surface area contributed by atoms with Crippen LogP contribution >= 0.6 is 11.6 Å². The number of ether oxygens (including phenoxy) is 1. The van der Waals surface area contributed by atoms with Gasteiger partial charge in [0, 0.05) is 50.2 Å². The Balaban J connectivity index is 1.33. The first-order valence-electron chi connectivity index (χ1n) is 17.3. The van der Waals surface area contributed by atoms with Crippen molar-refractivity contribution < 1.29 is 33.0 Å². The second kappa shape index (κ2) is 13.2. The van der Waals surface area contributed by atoms with Crippen LogP contribution in [0.4, 0.5) is 5.69 Å². The van der Waals surface area contributed by atoms with Crippen LogP contribution in [0.15, 0.2) is 48.6 Å². The van der Waals surface area contributed by atoms with Crippen LogP contribution in [0.2, 0.25) is 5.02 Å². The number of carbonyl (C=O) groups excluding carboxylic acids is 2. The summed E-state index contributed by atoms with van der Waals surface area (Å²) in [6.07, 6.45) is 8.15. The molecule has 3 heterocycles. The van der Waals surface area contributed by atoms with Crippen molar-refractivity contribution in [1.29, 1.82) is 0 Å². The van der Waals surface area contributed by atoms with Crippen molar-refractivity contribution in [2.45, 2.75) is 68.5 Å². The number of aryl methyl sites for hydroxylation is 1. The fourth-order valence-corrected chi connectivity index (χ4v) is 9.62. The van der Waals surface area contributed by atoms with Crippen LogP contribution in [-0.4, -0.2) is 92.1 Å². The number of anilines is 1. The molecule has 1 spiro atoms. The van der Waals surface area contributed by atoms with Gasteiger partial charge in [0.1, 0.15) is 5.75 Å². The monoisotopic (exact) mass is 712 g/mol. The third-order valence-corrected chi connectivity index (χ3v) is 13.2. The smallest absolute Gasteiger partial charge is 0.303 e. The molecule has 3 aliphatic heterocycles. The Kier molecular flexibility index (Phi) is 9.23. The number of hydrogen-bond donors (Lipinski definition) is 3. The van der Waals surface area contributed by atoms with E-state index in [1.54, 1.807) is 25.2 Å². The summed E-state index contributed by atoms with van der Waals surface area (Å²) >= 11 is 6.42. The van der Waals surface area contributed by atoms with E-state index in [2.05, 4.69) is 15.7 Å². The van der Waals surface area contributed by atoms with E-state index < -0.39 is 40.1 Å². The largest absolute Gasteiger partial charge is 0.490 e. The maximum absolute atomic E-state index is 13.9. The van der Waals surface area contributed by atoms with Crippen LogP contribution in [0.3, 0.4) is 0 Å². The van der Waals surface area contributed by atoms with E-state index in [-0.39, 0.29) is 35.9 Å². The van der Waals surface area contributed by atoms with E-state index in [9.17, 15) is 28.2 Å². The zero-order valence-corrected chi connectivity index (χ0v) is 29.4. The highest BCUT2D eigenvalue weighted by atomic mass is 35.5. The Hall–Kier alpha value is -3.16. The normalized spacial score (nSPS) is 31.3. The second-order valence-corrected chi connectivity index (χ2v) is 16.6. The first-order chi connectivity index (χ1) is 23.4. The lowest BCUT2D eigenvalue weighted by Crippen LogP contribution is -2.55. The SMILES string of the molecule is CN1CC/C=C\C(O)C2CCC2CN2CC3(CCCc4cc(Cl)ccc43)COc3ccc(cc32)C(O)(C(=O)NS(=O)(=O)N2CCC2)CC1=O. The summed E-state index contributed by atoms with van der Waals surface area (Å²) < 4.78 is 35.9. The molecule has 0 radical (unpaired) electrons. The number of nitrogens with zero attached hydrogens (tertiary/aromatic N) is 3. The molecule has 2 aliphatic carbocycles. The predicted molar refractivity (Wildman–Crippen MR) is 186 cm³/mol. The molecule has 0 aromatic heterocycles. The predicted octanol–water partition coefficient (Wildman–Crippen LogP) is 3.26. The third-order valence-electron chi connectivity index (χ3n) is 11.4. The van der Waals surface area contributed by atoms with Crippen molar-refractivity contribution in [3.63, 3.8) is 0 Å². The maximum Gasteiger partial charge on any atom is 0.303 e. The first-order valence-corrected chi connectivity index (χ1v) is 19.1. The lowest BCUT2D eigenvalue weighted by molar-refractivity contribution is -0.148. The average Bonchev–Trinajstić information content (AvgIpc) is 3.16. The number of fused-ring (bicyclic) bond motifs is 4. The number of aliphatic hydroxyl groups excluding tert-OH is 1. The van der Waals surface area contributed by atoms with Gasteiger partial charge in [0.15, 0.2) is 5.60 Å². The number of aliphatic hydroxyl groups is 2.